The Morgan fingerprint density at radius 2 is 1.80 bits per heavy atom. The molecule has 1 spiro atoms. The molecule has 4 nitrogen and oxygen atoms in total. The summed E-state index contributed by atoms with van der Waals surface area (Å²) in [5.41, 5.74) is 2.75. The van der Waals surface area contributed by atoms with Crippen LogP contribution in [0.25, 0.3) is 0 Å². The van der Waals surface area contributed by atoms with Gasteiger partial charge in [-0.15, -0.1) is 0 Å². The molecule has 1 aliphatic carbocycles. The van der Waals surface area contributed by atoms with Crippen molar-refractivity contribution in [1.82, 2.24) is 4.90 Å². The first-order valence-corrected chi connectivity index (χ1v) is 11.5. The molecule has 1 saturated carbocycles. The molecule has 6 rings (SSSR count). The van der Waals surface area contributed by atoms with Gasteiger partial charge in [0.2, 0.25) is 5.91 Å². The largest absolute Gasteiger partial charge is 0.393 e. The number of carbonyl (C=O) groups excluding carboxylic acids is 1. The summed E-state index contributed by atoms with van der Waals surface area (Å²) in [5.74, 6) is 1.73. The summed E-state index contributed by atoms with van der Waals surface area (Å²) in [6, 6.07) is 18.7. The number of fused-ring (bicyclic) bond motifs is 5. The Morgan fingerprint density at radius 1 is 1.03 bits per heavy atom. The van der Waals surface area contributed by atoms with Crippen molar-refractivity contribution < 1.29 is 9.90 Å². The fourth-order valence-corrected chi connectivity index (χ4v) is 7.16. The van der Waals surface area contributed by atoms with Crippen molar-refractivity contribution in [3.05, 3.63) is 60.2 Å². The van der Waals surface area contributed by atoms with Crippen LogP contribution in [0.4, 0.5) is 11.4 Å². The predicted octanol–water partition coefficient (Wildman–Crippen LogP) is 4.10. The number of rotatable bonds is 1. The maximum absolute atomic E-state index is 14.2. The van der Waals surface area contributed by atoms with E-state index in [1.807, 2.05) is 41.3 Å². The highest BCUT2D eigenvalue weighted by molar-refractivity contribution is 6.13. The average Bonchev–Trinajstić information content (AvgIpc) is 3.27. The smallest absolute Gasteiger partial charge is 0.243 e. The molecule has 2 saturated heterocycles. The number of hydrogen-bond acceptors (Lipinski definition) is 3. The van der Waals surface area contributed by atoms with E-state index in [2.05, 4.69) is 30.0 Å². The molecule has 2 aromatic rings. The van der Waals surface area contributed by atoms with E-state index in [0.29, 0.717) is 17.8 Å². The number of aliphatic hydroxyl groups is 1. The highest BCUT2D eigenvalue weighted by Gasteiger charge is 2.62. The monoisotopic (exact) mass is 402 g/mol. The molecule has 0 bridgehead atoms. The van der Waals surface area contributed by atoms with Gasteiger partial charge in [-0.05, 0) is 73.7 Å². The van der Waals surface area contributed by atoms with Crippen molar-refractivity contribution in [2.24, 2.45) is 17.8 Å². The van der Waals surface area contributed by atoms with Crippen molar-refractivity contribution in [2.75, 3.05) is 18.0 Å². The number of hydrogen-bond donors (Lipinski definition) is 1. The number of nitrogens with zero attached hydrogens (tertiary/aromatic N) is 2. The Kier molecular flexibility index (Phi) is 4.13. The van der Waals surface area contributed by atoms with Gasteiger partial charge in [0, 0.05) is 18.3 Å². The average molecular weight is 403 g/mol. The van der Waals surface area contributed by atoms with Crippen LogP contribution in [0.5, 0.6) is 0 Å². The van der Waals surface area contributed by atoms with E-state index in [4.69, 9.17) is 0 Å². The predicted molar refractivity (Wildman–Crippen MR) is 118 cm³/mol. The quantitative estimate of drug-likeness (QED) is 0.781. The molecule has 156 valence electrons. The number of anilines is 2. The van der Waals surface area contributed by atoms with Crippen LogP contribution >= 0.6 is 0 Å². The van der Waals surface area contributed by atoms with Gasteiger partial charge in [0.1, 0.15) is 0 Å². The summed E-state index contributed by atoms with van der Waals surface area (Å²) in [7, 11) is 0. The fourth-order valence-electron chi connectivity index (χ4n) is 7.16. The van der Waals surface area contributed by atoms with Crippen LogP contribution < -0.4 is 4.90 Å². The molecule has 4 aliphatic rings. The van der Waals surface area contributed by atoms with Crippen LogP contribution in [0.15, 0.2) is 54.6 Å². The normalized spacial score (nSPS) is 37.9. The van der Waals surface area contributed by atoms with Crippen molar-refractivity contribution >= 4 is 17.3 Å². The number of amides is 1. The van der Waals surface area contributed by atoms with Crippen LogP contribution in [0.1, 0.15) is 38.2 Å². The topological polar surface area (TPSA) is 43.8 Å². The Balaban J connectivity index is 1.44. The van der Waals surface area contributed by atoms with Gasteiger partial charge in [-0.2, -0.15) is 0 Å². The van der Waals surface area contributed by atoms with E-state index >= 15 is 0 Å². The first kappa shape index (κ1) is 18.6. The maximum atomic E-state index is 14.2. The van der Waals surface area contributed by atoms with Crippen molar-refractivity contribution in [1.29, 1.82) is 0 Å². The third-order valence-corrected chi connectivity index (χ3v) is 8.71. The summed E-state index contributed by atoms with van der Waals surface area (Å²) in [4.78, 5) is 18.8. The third-order valence-electron chi connectivity index (χ3n) is 8.71. The van der Waals surface area contributed by atoms with E-state index in [9.17, 15) is 9.90 Å². The van der Waals surface area contributed by atoms with Crippen molar-refractivity contribution in [3.8, 4) is 0 Å². The highest BCUT2D eigenvalue weighted by atomic mass is 16.3. The standard InChI is InChI=1S/C26H30N2O2/c1-17-20-15-24-26(13-14-27(24)16-18(20)11-12-23(17)29)21-9-5-6-10-22(21)28(25(26)30)19-7-3-2-4-8-19/h2-10,17-18,20,23-24,29H,11-16H2,1H3/t17-,18+,20-,23+,24+,26+/m1/s1. The Morgan fingerprint density at radius 3 is 2.63 bits per heavy atom. The van der Waals surface area contributed by atoms with Gasteiger partial charge >= 0.3 is 0 Å². The van der Waals surface area contributed by atoms with E-state index in [-0.39, 0.29) is 18.1 Å². The van der Waals surface area contributed by atoms with Crippen LogP contribution in [0.2, 0.25) is 0 Å². The number of para-hydroxylation sites is 2. The molecule has 0 radical (unpaired) electrons. The van der Waals surface area contributed by atoms with E-state index < -0.39 is 5.41 Å². The van der Waals surface area contributed by atoms with Gasteiger partial charge in [-0.3, -0.25) is 14.6 Å². The second-order valence-electron chi connectivity index (χ2n) is 9.89. The summed E-state index contributed by atoms with van der Waals surface area (Å²) in [6.45, 7) is 4.29. The minimum absolute atomic E-state index is 0.192. The molecule has 2 aromatic carbocycles. The van der Waals surface area contributed by atoms with Gasteiger partial charge in [-0.1, -0.05) is 43.3 Å². The van der Waals surface area contributed by atoms with E-state index in [0.717, 1.165) is 50.1 Å². The minimum atomic E-state index is -0.459. The lowest BCUT2D eigenvalue weighted by Gasteiger charge is -2.50. The lowest BCUT2D eigenvalue weighted by Crippen LogP contribution is -2.56. The second kappa shape index (κ2) is 6.66. The molecule has 0 unspecified atom stereocenters. The number of carbonyl (C=O) groups is 1. The first-order valence-electron chi connectivity index (χ1n) is 11.5. The SMILES string of the molecule is C[C@@H]1[C@H]2C[C@@H]3N(CC[C@@]34C(=O)N(c3ccccc3)c3ccccc34)C[C@@H]2CC[C@@H]1O. The van der Waals surface area contributed by atoms with Crippen LogP contribution in [-0.2, 0) is 10.2 Å². The molecule has 6 atom stereocenters. The van der Waals surface area contributed by atoms with E-state index in [1.54, 1.807) is 0 Å². The second-order valence-corrected chi connectivity index (χ2v) is 9.89. The Labute approximate surface area is 178 Å². The van der Waals surface area contributed by atoms with Gasteiger partial charge in [0.05, 0.1) is 17.2 Å². The molecule has 1 N–H and O–H groups in total. The van der Waals surface area contributed by atoms with Gasteiger partial charge in [0.25, 0.3) is 0 Å². The number of aliphatic hydroxyl groups excluding tert-OH is 1. The third kappa shape index (κ3) is 2.38. The zero-order valence-electron chi connectivity index (χ0n) is 17.6. The van der Waals surface area contributed by atoms with Crippen molar-refractivity contribution in [3.63, 3.8) is 0 Å². The fraction of sp³-hybridized carbons (Fsp3) is 0.500. The lowest BCUT2D eigenvalue weighted by molar-refractivity contribution is -0.125. The molecule has 3 aliphatic heterocycles. The molecule has 1 amide bonds. The van der Waals surface area contributed by atoms with Gasteiger partial charge < -0.3 is 5.11 Å². The maximum Gasteiger partial charge on any atom is 0.243 e. The summed E-state index contributed by atoms with van der Waals surface area (Å²) >= 11 is 0. The number of piperidine rings is 1. The molecule has 4 heteroatoms. The summed E-state index contributed by atoms with van der Waals surface area (Å²) in [6.07, 6.45) is 3.77. The van der Waals surface area contributed by atoms with Crippen LogP contribution in [0.3, 0.4) is 0 Å². The van der Waals surface area contributed by atoms with Crippen LogP contribution in [-0.4, -0.2) is 41.1 Å². The number of benzene rings is 2. The summed E-state index contributed by atoms with van der Waals surface area (Å²) in [5, 5.41) is 10.5. The molecule has 3 fully saturated rings. The van der Waals surface area contributed by atoms with Crippen LogP contribution in [0, 0.1) is 17.8 Å². The van der Waals surface area contributed by atoms with Crippen molar-refractivity contribution in [2.45, 2.75) is 50.2 Å². The highest BCUT2D eigenvalue weighted by Crippen LogP contribution is 2.57. The summed E-state index contributed by atoms with van der Waals surface area (Å²) < 4.78 is 0. The molecule has 0 aromatic heterocycles. The zero-order valence-corrected chi connectivity index (χ0v) is 17.6. The zero-order chi connectivity index (χ0) is 20.5. The Bertz CT molecular complexity index is 976. The lowest BCUT2D eigenvalue weighted by atomic mass is 9.62. The Hall–Kier alpha value is -2.17. The van der Waals surface area contributed by atoms with Gasteiger partial charge in [-0.25, -0.2) is 0 Å². The van der Waals surface area contributed by atoms with Gasteiger partial charge in [0.15, 0.2) is 0 Å². The molecule has 30 heavy (non-hydrogen) atoms. The first-order chi connectivity index (χ1) is 14.6. The minimum Gasteiger partial charge on any atom is -0.393 e. The van der Waals surface area contributed by atoms with E-state index in [1.165, 1.54) is 5.56 Å². The molecular formula is C26H30N2O2. The molecule has 3 heterocycles. The molecular weight excluding hydrogens is 372 g/mol.